The van der Waals surface area contributed by atoms with Crippen LogP contribution in [0.1, 0.15) is 11.1 Å². The number of halogens is 1. The van der Waals surface area contributed by atoms with Crippen molar-refractivity contribution in [3.8, 4) is 28.5 Å². The van der Waals surface area contributed by atoms with Crippen LogP contribution in [0, 0.1) is 0 Å². The van der Waals surface area contributed by atoms with E-state index >= 15 is 0 Å². The normalized spacial score (nSPS) is 11.8. The van der Waals surface area contributed by atoms with Gasteiger partial charge in [-0.2, -0.15) is 5.10 Å². The molecule has 0 amide bonds. The average molecular weight is 524 g/mol. The van der Waals surface area contributed by atoms with Gasteiger partial charge in [-0.3, -0.25) is 4.99 Å². The van der Waals surface area contributed by atoms with Crippen LogP contribution < -0.4 is 14.3 Å². The lowest BCUT2D eigenvalue weighted by molar-refractivity contribution is 0.340. The zero-order chi connectivity index (χ0) is 23.2. The molecule has 1 N–H and O–H groups in total. The summed E-state index contributed by atoms with van der Waals surface area (Å²) < 4.78 is 13.3. The highest BCUT2D eigenvalue weighted by Crippen LogP contribution is 2.36. The largest absolute Gasteiger partial charge is 0.502 e. The number of phenolic OH excluding ortho intramolecular Hbond substituents is 1. The third-order valence-electron chi connectivity index (χ3n) is 4.90. The van der Waals surface area contributed by atoms with Crippen LogP contribution in [0.5, 0.6) is 17.2 Å². The highest BCUT2D eigenvalue weighted by atomic mass is 79.9. The maximum Gasteiger partial charge on any atom is 0.206 e. The molecule has 0 aliphatic carbocycles. The summed E-state index contributed by atoms with van der Waals surface area (Å²) in [6, 6.07) is 21.5. The molecule has 0 atom stereocenters. The average Bonchev–Trinajstić information content (AvgIpc) is 3.25. The Bertz CT molecular complexity index is 1320. The molecule has 168 valence electrons. The van der Waals surface area contributed by atoms with Gasteiger partial charge in [-0.25, -0.2) is 4.68 Å². The molecule has 0 aliphatic rings. The Kier molecular flexibility index (Phi) is 7.26. The van der Waals surface area contributed by atoms with E-state index < -0.39 is 0 Å². The van der Waals surface area contributed by atoms with Gasteiger partial charge in [0.15, 0.2) is 11.5 Å². The van der Waals surface area contributed by atoms with Gasteiger partial charge in [-0.05, 0) is 23.8 Å². The topological polar surface area (TPSA) is 68.3 Å². The maximum absolute atomic E-state index is 10.2. The van der Waals surface area contributed by atoms with E-state index in [0.29, 0.717) is 23.6 Å². The van der Waals surface area contributed by atoms with Crippen LogP contribution in [0.2, 0.25) is 0 Å². The first kappa shape index (κ1) is 22.8. The molecule has 1 heterocycles. The molecule has 0 radical (unpaired) electrons. The predicted octanol–water partition coefficient (Wildman–Crippen LogP) is 5.69. The molecule has 0 unspecified atom stereocenters. The van der Waals surface area contributed by atoms with Gasteiger partial charge in [0.2, 0.25) is 10.6 Å². The van der Waals surface area contributed by atoms with Gasteiger partial charge in [0.1, 0.15) is 0 Å². The fraction of sp³-hybridized carbons (Fsp3) is 0.120. The molecule has 0 saturated heterocycles. The summed E-state index contributed by atoms with van der Waals surface area (Å²) >= 11 is 5.17. The Morgan fingerprint density at radius 1 is 1.00 bits per heavy atom. The quantitative estimate of drug-likeness (QED) is 0.316. The van der Waals surface area contributed by atoms with Crippen molar-refractivity contribution in [3.63, 3.8) is 0 Å². The van der Waals surface area contributed by atoms with Crippen LogP contribution in [0.3, 0.4) is 0 Å². The Labute approximate surface area is 204 Å². The van der Waals surface area contributed by atoms with E-state index in [4.69, 9.17) is 19.6 Å². The fourth-order valence-corrected chi connectivity index (χ4v) is 4.54. The second-order valence-electron chi connectivity index (χ2n) is 7.02. The molecule has 6 nitrogen and oxygen atoms in total. The molecule has 0 bridgehead atoms. The summed E-state index contributed by atoms with van der Waals surface area (Å²) in [6.45, 7) is 0.549. The summed E-state index contributed by atoms with van der Waals surface area (Å²) in [4.78, 5) is 5.57. The van der Waals surface area contributed by atoms with Crippen molar-refractivity contribution in [2.75, 3.05) is 14.2 Å². The first-order valence-corrected chi connectivity index (χ1v) is 11.8. The van der Waals surface area contributed by atoms with Gasteiger partial charge in [-0.1, -0.05) is 64.5 Å². The van der Waals surface area contributed by atoms with Gasteiger partial charge in [0.05, 0.1) is 32.7 Å². The number of methoxy groups -OCH3 is 2. The summed E-state index contributed by atoms with van der Waals surface area (Å²) in [5.41, 5.74) is 3.75. The van der Waals surface area contributed by atoms with Crippen molar-refractivity contribution in [1.29, 1.82) is 0 Å². The number of aromatic hydroxyl groups is 1. The molecule has 0 aliphatic heterocycles. The van der Waals surface area contributed by atoms with Crippen molar-refractivity contribution in [3.05, 3.63) is 92.5 Å². The van der Waals surface area contributed by atoms with Crippen molar-refractivity contribution in [2.24, 2.45) is 10.1 Å². The van der Waals surface area contributed by atoms with Gasteiger partial charge >= 0.3 is 0 Å². The van der Waals surface area contributed by atoms with Crippen LogP contribution in [-0.4, -0.2) is 30.2 Å². The molecule has 33 heavy (non-hydrogen) atoms. The van der Waals surface area contributed by atoms with E-state index in [2.05, 4.69) is 28.1 Å². The summed E-state index contributed by atoms with van der Waals surface area (Å²) in [6.07, 6.45) is 1.69. The van der Waals surface area contributed by atoms with Crippen LogP contribution in [-0.2, 0) is 6.54 Å². The molecule has 0 saturated carbocycles. The molecule has 8 heteroatoms. The SMILES string of the molecule is COc1cc(C=Nn2c(-c3ccccc3Br)csc2=NCc2ccccc2)cc(OC)c1O. The number of rotatable bonds is 7. The molecule has 1 aromatic heterocycles. The highest BCUT2D eigenvalue weighted by molar-refractivity contribution is 9.10. The van der Waals surface area contributed by atoms with Gasteiger partial charge < -0.3 is 14.6 Å². The number of aromatic nitrogens is 1. The van der Waals surface area contributed by atoms with Crippen LogP contribution in [0.15, 0.2) is 86.7 Å². The number of thiazole rings is 1. The van der Waals surface area contributed by atoms with Gasteiger partial charge in [0.25, 0.3) is 0 Å². The molecular formula is C25H22BrN3O3S. The van der Waals surface area contributed by atoms with Crippen LogP contribution >= 0.6 is 27.3 Å². The summed E-state index contributed by atoms with van der Waals surface area (Å²) in [7, 11) is 2.99. The van der Waals surface area contributed by atoms with E-state index in [1.54, 1.807) is 18.3 Å². The van der Waals surface area contributed by atoms with Crippen LogP contribution in [0.25, 0.3) is 11.3 Å². The minimum absolute atomic E-state index is 0.0483. The highest BCUT2D eigenvalue weighted by Gasteiger charge is 2.12. The molecular weight excluding hydrogens is 502 g/mol. The smallest absolute Gasteiger partial charge is 0.206 e. The minimum Gasteiger partial charge on any atom is -0.502 e. The molecule has 0 spiro atoms. The van der Waals surface area contributed by atoms with Gasteiger partial charge in [-0.15, -0.1) is 11.3 Å². The molecule has 4 aromatic rings. The zero-order valence-electron chi connectivity index (χ0n) is 18.1. The number of phenols is 1. The van der Waals surface area contributed by atoms with E-state index in [1.807, 2.05) is 52.5 Å². The zero-order valence-corrected chi connectivity index (χ0v) is 20.5. The molecule has 3 aromatic carbocycles. The Morgan fingerprint density at radius 2 is 1.67 bits per heavy atom. The Balaban J connectivity index is 1.80. The number of hydrogen-bond acceptors (Lipinski definition) is 6. The van der Waals surface area contributed by atoms with Crippen LogP contribution in [0.4, 0.5) is 0 Å². The molecule has 0 fully saturated rings. The van der Waals surface area contributed by atoms with Crippen molar-refractivity contribution >= 4 is 33.5 Å². The lowest BCUT2D eigenvalue weighted by Crippen LogP contribution is -2.12. The van der Waals surface area contributed by atoms with Crippen molar-refractivity contribution < 1.29 is 14.6 Å². The lowest BCUT2D eigenvalue weighted by atomic mass is 10.2. The fourth-order valence-electron chi connectivity index (χ4n) is 3.23. The third kappa shape index (κ3) is 5.18. The van der Waals surface area contributed by atoms with Crippen molar-refractivity contribution in [2.45, 2.75) is 6.54 Å². The first-order valence-electron chi connectivity index (χ1n) is 10.1. The number of ether oxygens (including phenoxy) is 2. The monoisotopic (exact) mass is 523 g/mol. The second-order valence-corrected chi connectivity index (χ2v) is 8.71. The maximum atomic E-state index is 10.2. The Morgan fingerprint density at radius 3 is 2.33 bits per heavy atom. The molecule has 4 rings (SSSR count). The van der Waals surface area contributed by atoms with E-state index in [0.717, 1.165) is 26.1 Å². The standard InChI is InChI=1S/C25H22BrN3O3S/c1-31-22-12-18(13-23(32-2)24(22)30)15-28-29-21(19-10-6-7-11-20(19)26)16-33-25(29)27-14-17-8-4-3-5-9-17/h3-13,15-16,30H,14H2,1-2H3. The van der Waals surface area contributed by atoms with E-state index in [1.165, 1.54) is 25.6 Å². The number of nitrogens with zero attached hydrogens (tertiary/aromatic N) is 3. The third-order valence-corrected chi connectivity index (χ3v) is 6.44. The van der Waals surface area contributed by atoms with Crippen molar-refractivity contribution in [1.82, 2.24) is 4.68 Å². The van der Waals surface area contributed by atoms with Gasteiger partial charge in [0, 0.05) is 21.0 Å². The summed E-state index contributed by atoms with van der Waals surface area (Å²) in [5.74, 6) is 0.574. The predicted molar refractivity (Wildman–Crippen MR) is 135 cm³/mol. The lowest BCUT2D eigenvalue weighted by Gasteiger charge is -2.09. The Hall–Kier alpha value is -3.36. The second kappa shape index (κ2) is 10.5. The van der Waals surface area contributed by atoms with E-state index in [-0.39, 0.29) is 5.75 Å². The number of hydrogen-bond donors (Lipinski definition) is 1. The first-order chi connectivity index (χ1) is 16.1. The minimum atomic E-state index is -0.0483. The number of benzene rings is 3. The summed E-state index contributed by atoms with van der Waals surface area (Å²) in [5, 5.41) is 17.0. The van der Waals surface area contributed by atoms with E-state index in [9.17, 15) is 5.11 Å².